The van der Waals surface area contributed by atoms with Gasteiger partial charge in [0.15, 0.2) is 0 Å². The van der Waals surface area contributed by atoms with Gasteiger partial charge in [0, 0.05) is 25.4 Å². The number of imidazole rings is 1. The van der Waals surface area contributed by atoms with Crippen molar-refractivity contribution in [2.45, 2.75) is 39.3 Å². The van der Waals surface area contributed by atoms with Crippen molar-refractivity contribution in [1.29, 1.82) is 0 Å². The lowest BCUT2D eigenvalue weighted by atomic mass is 9.93. The van der Waals surface area contributed by atoms with Crippen molar-refractivity contribution in [2.24, 2.45) is 0 Å². The van der Waals surface area contributed by atoms with Crippen LogP contribution in [0.15, 0.2) is 43.0 Å². The minimum atomic E-state index is -0.361. The zero-order valence-electron chi connectivity index (χ0n) is 12.3. The van der Waals surface area contributed by atoms with Crippen LogP contribution in [0.4, 0.5) is 0 Å². The molecule has 0 aliphatic carbocycles. The smallest absolute Gasteiger partial charge is 0.222 e. The summed E-state index contributed by atoms with van der Waals surface area (Å²) >= 11 is 0. The first-order chi connectivity index (χ1) is 9.47. The first kappa shape index (κ1) is 14.3. The number of benzene rings is 1. The Kier molecular flexibility index (Phi) is 4.23. The number of carbonyl (C=O) groups excluding carboxylic acids is 1. The molecular weight excluding hydrogens is 250 g/mol. The maximum absolute atomic E-state index is 12.0. The van der Waals surface area contributed by atoms with Gasteiger partial charge in [0.2, 0.25) is 5.91 Å². The second-order valence-electron chi connectivity index (χ2n) is 5.59. The van der Waals surface area contributed by atoms with E-state index >= 15 is 0 Å². The van der Waals surface area contributed by atoms with Gasteiger partial charge in [-0.1, -0.05) is 29.8 Å². The topological polar surface area (TPSA) is 46.9 Å². The minimum absolute atomic E-state index is 0.0456. The van der Waals surface area contributed by atoms with E-state index in [0.29, 0.717) is 13.0 Å². The molecule has 4 nitrogen and oxygen atoms in total. The number of hydrogen-bond acceptors (Lipinski definition) is 2. The highest BCUT2D eigenvalue weighted by molar-refractivity contribution is 5.76. The second-order valence-corrected chi connectivity index (χ2v) is 5.59. The number of carbonyl (C=O) groups is 1. The summed E-state index contributed by atoms with van der Waals surface area (Å²) in [5.74, 6) is 0.0456. The van der Waals surface area contributed by atoms with Crippen molar-refractivity contribution in [2.75, 3.05) is 0 Å². The summed E-state index contributed by atoms with van der Waals surface area (Å²) < 4.78 is 1.90. The number of hydrogen-bond donors (Lipinski definition) is 1. The van der Waals surface area contributed by atoms with Crippen LogP contribution < -0.4 is 5.32 Å². The molecule has 0 radical (unpaired) electrons. The number of nitrogens with one attached hydrogen (secondary N) is 1. The summed E-state index contributed by atoms with van der Waals surface area (Å²) in [5.41, 5.74) is 1.97. The van der Waals surface area contributed by atoms with Crippen molar-refractivity contribution < 1.29 is 4.79 Å². The number of amides is 1. The molecule has 1 amide bonds. The van der Waals surface area contributed by atoms with E-state index < -0.39 is 0 Å². The Hall–Kier alpha value is -2.10. The van der Waals surface area contributed by atoms with Crippen LogP contribution in [0.2, 0.25) is 0 Å². The van der Waals surface area contributed by atoms with Gasteiger partial charge in [-0.3, -0.25) is 4.79 Å². The molecule has 1 aromatic carbocycles. The van der Waals surface area contributed by atoms with Crippen molar-refractivity contribution >= 4 is 5.91 Å². The Bertz CT molecular complexity index is 556. The second kappa shape index (κ2) is 5.90. The number of rotatable bonds is 5. The van der Waals surface area contributed by atoms with Crippen LogP contribution in [0.5, 0.6) is 0 Å². The fourth-order valence-corrected chi connectivity index (χ4v) is 2.10. The van der Waals surface area contributed by atoms with Crippen LogP contribution in [-0.4, -0.2) is 15.5 Å². The molecule has 20 heavy (non-hydrogen) atoms. The molecule has 0 aliphatic heterocycles. The first-order valence-electron chi connectivity index (χ1n) is 6.81. The molecule has 0 saturated carbocycles. The van der Waals surface area contributed by atoms with E-state index in [4.69, 9.17) is 0 Å². The average Bonchev–Trinajstić information content (AvgIpc) is 2.89. The zero-order chi connectivity index (χ0) is 14.6. The lowest BCUT2D eigenvalue weighted by Gasteiger charge is -2.27. The molecule has 0 unspecified atom stereocenters. The van der Waals surface area contributed by atoms with Gasteiger partial charge >= 0.3 is 0 Å². The summed E-state index contributed by atoms with van der Waals surface area (Å²) in [6, 6.07) is 8.25. The van der Waals surface area contributed by atoms with E-state index in [9.17, 15) is 4.79 Å². The molecule has 1 N–H and O–H groups in total. The third kappa shape index (κ3) is 3.70. The zero-order valence-corrected chi connectivity index (χ0v) is 12.3. The van der Waals surface area contributed by atoms with E-state index in [0.717, 1.165) is 5.56 Å². The normalized spacial score (nSPS) is 11.3. The highest BCUT2D eigenvalue weighted by atomic mass is 16.1. The van der Waals surface area contributed by atoms with E-state index in [1.54, 1.807) is 12.5 Å². The third-order valence-electron chi connectivity index (χ3n) is 3.38. The van der Waals surface area contributed by atoms with Crippen LogP contribution in [0.25, 0.3) is 0 Å². The molecule has 2 rings (SSSR count). The van der Waals surface area contributed by atoms with E-state index in [1.165, 1.54) is 5.56 Å². The summed E-state index contributed by atoms with van der Waals surface area (Å²) in [5, 5.41) is 3.08. The van der Waals surface area contributed by atoms with Gasteiger partial charge < -0.3 is 9.88 Å². The molecule has 0 bridgehead atoms. The summed E-state index contributed by atoms with van der Waals surface area (Å²) in [6.07, 6.45) is 5.75. The van der Waals surface area contributed by atoms with Gasteiger partial charge in [-0.2, -0.15) is 0 Å². The SMILES string of the molecule is Cc1ccc(C(C)(C)NC(=O)CCn2ccnc2)cc1. The maximum atomic E-state index is 12.0. The van der Waals surface area contributed by atoms with Gasteiger partial charge in [0.25, 0.3) is 0 Å². The van der Waals surface area contributed by atoms with Crippen LogP contribution in [0.3, 0.4) is 0 Å². The molecule has 106 valence electrons. The summed E-state index contributed by atoms with van der Waals surface area (Å²) in [7, 11) is 0. The molecule has 2 aromatic rings. The molecule has 0 saturated heterocycles. The molecular formula is C16H21N3O. The Morgan fingerprint density at radius 1 is 1.30 bits per heavy atom. The highest BCUT2D eigenvalue weighted by Gasteiger charge is 2.22. The highest BCUT2D eigenvalue weighted by Crippen LogP contribution is 2.20. The number of nitrogens with zero attached hydrogens (tertiary/aromatic N) is 2. The number of aryl methyl sites for hydroxylation is 2. The molecule has 0 aliphatic rings. The molecule has 0 fully saturated rings. The predicted octanol–water partition coefficient (Wildman–Crippen LogP) is 2.63. The average molecular weight is 271 g/mol. The van der Waals surface area contributed by atoms with Crippen LogP contribution in [0.1, 0.15) is 31.4 Å². The molecule has 0 atom stereocenters. The maximum Gasteiger partial charge on any atom is 0.222 e. The first-order valence-corrected chi connectivity index (χ1v) is 6.81. The standard InChI is InChI=1S/C16H21N3O/c1-13-4-6-14(7-5-13)16(2,3)18-15(20)8-10-19-11-9-17-12-19/h4-7,9,11-12H,8,10H2,1-3H3,(H,18,20). The van der Waals surface area contributed by atoms with Gasteiger partial charge in [-0.25, -0.2) is 4.98 Å². The molecule has 1 heterocycles. The molecule has 0 spiro atoms. The predicted molar refractivity (Wildman–Crippen MR) is 79.2 cm³/mol. The fraction of sp³-hybridized carbons (Fsp3) is 0.375. The Morgan fingerprint density at radius 3 is 2.60 bits per heavy atom. The van der Waals surface area contributed by atoms with Crippen molar-refractivity contribution in [3.8, 4) is 0 Å². The lowest BCUT2D eigenvalue weighted by molar-refractivity contribution is -0.123. The van der Waals surface area contributed by atoms with Crippen molar-refractivity contribution in [3.05, 3.63) is 54.1 Å². The molecule has 1 aromatic heterocycles. The van der Waals surface area contributed by atoms with Gasteiger partial charge in [0.05, 0.1) is 11.9 Å². The van der Waals surface area contributed by atoms with Crippen molar-refractivity contribution in [3.63, 3.8) is 0 Å². The van der Waals surface area contributed by atoms with Crippen LogP contribution >= 0.6 is 0 Å². The lowest BCUT2D eigenvalue weighted by Crippen LogP contribution is -2.41. The van der Waals surface area contributed by atoms with Gasteiger partial charge in [0.1, 0.15) is 0 Å². The third-order valence-corrected chi connectivity index (χ3v) is 3.38. The Labute approximate surface area is 119 Å². The van der Waals surface area contributed by atoms with Crippen molar-refractivity contribution in [1.82, 2.24) is 14.9 Å². The minimum Gasteiger partial charge on any atom is -0.347 e. The van der Waals surface area contributed by atoms with Crippen LogP contribution in [0, 0.1) is 6.92 Å². The van der Waals surface area contributed by atoms with E-state index in [2.05, 4.69) is 41.5 Å². The van der Waals surface area contributed by atoms with Gasteiger partial charge in [-0.05, 0) is 26.3 Å². The monoisotopic (exact) mass is 271 g/mol. The van der Waals surface area contributed by atoms with Crippen LogP contribution in [-0.2, 0) is 16.9 Å². The Morgan fingerprint density at radius 2 is 2.00 bits per heavy atom. The quantitative estimate of drug-likeness (QED) is 0.908. The number of aromatic nitrogens is 2. The summed E-state index contributed by atoms with van der Waals surface area (Å²) in [4.78, 5) is 16.0. The largest absolute Gasteiger partial charge is 0.347 e. The van der Waals surface area contributed by atoms with E-state index in [1.807, 2.05) is 24.6 Å². The van der Waals surface area contributed by atoms with E-state index in [-0.39, 0.29) is 11.4 Å². The molecule has 4 heteroatoms. The summed E-state index contributed by atoms with van der Waals surface area (Å²) in [6.45, 7) is 6.75. The van der Waals surface area contributed by atoms with Gasteiger partial charge in [-0.15, -0.1) is 0 Å². The Balaban J connectivity index is 1.93. The fourth-order valence-electron chi connectivity index (χ4n) is 2.10.